The van der Waals surface area contributed by atoms with Crippen molar-refractivity contribution in [1.82, 2.24) is 4.98 Å². The normalized spacial score (nSPS) is 26.5. The molecule has 0 radical (unpaired) electrons. The quantitative estimate of drug-likeness (QED) is 0.854. The Morgan fingerprint density at radius 2 is 2.40 bits per heavy atom. The Balaban J connectivity index is 2.24. The van der Waals surface area contributed by atoms with E-state index in [0.717, 1.165) is 29.5 Å². The number of hydrogen-bond donors (Lipinski definition) is 1. The van der Waals surface area contributed by atoms with Gasteiger partial charge in [-0.1, -0.05) is 6.92 Å². The summed E-state index contributed by atoms with van der Waals surface area (Å²) in [5, 5.41) is 0. The van der Waals surface area contributed by atoms with Gasteiger partial charge in [-0.15, -0.1) is 0 Å². The zero-order valence-corrected chi connectivity index (χ0v) is 10.3. The zero-order chi connectivity index (χ0) is 10.8. The Bertz CT molecular complexity index is 356. The van der Waals surface area contributed by atoms with Crippen LogP contribution in [0.1, 0.15) is 31.4 Å². The van der Waals surface area contributed by atoms with Crippen molar-refractivity contribution in [3.05, 3.63) is 22.3 Å². The van der Waals surface area contributed by atoms with Crippen molar-refractivity contribution in [3.63, 3.8) is 0 Å². The fourth-order valence-electron chi connectivity index (χ4n) is 1.90. The summed E-state index contributed by atoms with van der Waals surface area (Å²) >= 11 is 3.47. The van der Waals surface area contributed by atoms with Gasteiger partial charge in [0.25, 0.3) is 0 Å². The van der Waals surface area contributed by atoms with E-state index in [1.54, 1.807) is 6.20 Å². The second-order valence-corrected chi connectivity index (χ2v) is 4.88. The van der Waals surface area contributed by atoms with Crippen molar-refractivity contribution in [2.24, 2.45) is 5.92 Å². The van der Waals surface area contributed by atoms with Gasteiger partial charge in [0.1, 0.15) is 5.82 Å². The van der Waals surface area contributed by atoms with Crippen LogP contribution < -0.4 is 5.73 Å². The average molecular weight is 271 g/mol. The number of halogens is 1. The topological polar surface area (TPSA) is 48.1 Å². The van der Waals surface area contributed by atoms with Gasteiger partial charge in [-0.25, -0.2) is 4.98 Å². The summed E-state index contributed by atoms with van der Waals surface area (Å²) < 4.78 is 6.64. The third kappa shape index (κ3) is 2.32. The minimum absolute atomic E-state index is 0.161. The van der Waals surface area contributed by atoms with Crippen LogP contribution in [-0.4, -0.2) is 11.6 Å². The summed E-state index contributed by atoms with van der Waals surface area (Å²) in [5.74, 6) is 1.25. The summed E-state index contributed by atoms with van der Waals surface area (Å²) in [6, 6.07) is 1.98. The van der Waals surface area contributed by atoms with Gasteiger partial charge < -0.3 is 10.5 Å². The molecule has 2 rings (SSSR count). The van der Waals surface area contributed by atoms with Crippen LogP contribution in [0, 0.1) is 5.92 Å². The third-order valence-corrected chi connectivity index (χ3v) is 3.70. The zero-order valence-electron chi connectivity index (χ0n) is 8.74. The molecule has 1 saturated heterocycles. The fraction of sp³-hybridized carbons (Fsp3) is 0.545. The lowest BCUT2D eigenvalue weighted by Crippen LogP contribution is -2.18. The molecule has 1 aliphatic rings. The molecule has 0 saturated carbocycles. The number of nitrogens with two attached hydrogens (primary N) is 1. The summed E-state index contributed by atoms with van der Waals surface area (Å²) in [6.45, 7) is 3.09. The Labute approximate surface area is 98.2 Å². The van der Waals surface area contributed by atoms with E-state index in [1.807, 2.05) is 6.07 Å². The Kier molecular flexibility index (Phi) is 3.26. The van der Waals surface area contributed by atoms with E-state index in [0.29, 0.717) is 11.7 Å². The van der Waals surface area contributed by atoms with Gasteiger partial charge in [0.15, 0.2) is 0 Å². The lowest BCUT2D eigenvalue weighted by Gasteiger charge is -2.28. The maximum absolute atomic E-state index is 5.76. The smallest absolute Gasteiger partial charge is 0.138 e. The highest BCUT2D eigenvalue weighted by molar-refractivity contribution is 9.10. The maximum Gasteiger partial charge on any atom is 0.138 e. The van der Waals surface area contributed by atoms with Gasteiger partial charge >= 0.3 is 0 Å². The highest BCUT2D eigenvalue weighted by atomic mass is 79.9. The molecule has 1 aromatic rings. The highest BCUT2D eigenvalue weighted by Gasteiger charge is 2.23. The Morgan fingerprint density at radius 3 is 3.13 bits per heavy atom. The number of nitrogen functional groups attached to an aromatic ring is 1. The first-order chi connectivity index (χ1) is 7.18. The summed E-state index contributed by atoms with van der Waals surface area (Å²) in [6.07, 6.45) is 4.10. The largest absolute Gasteiger partial charge is 0.383 e. The number of anilines is 1. The summed E-state index contributed by atoms with van der Waals surface area (Å²) in [5.41, 5.74) is 6.87. The second-order valence-electron chi connectivity index (χ2n) is 4.09. The standard InChI is InChI=1S/C11H15BrN2O/c1-7-3-5-15-9(6-7)8-2-4-14-11(13)10(8)12/h2,4,7,9H,3,5-6H2,1H3,(H2,13,14). The molecular formula is C11H15BrN2O. The van der Waals surface area contributed by atoms with E-state index in [4.69, 9.17) is 10.5 Å². The summed E-state index contributed by atoms with van der Waals surface area (Å²) in [4.78, 5) is 4.03. The molecule has 82 valence electrons. The monoisotopic (exact) mass is 270 g/mol. The van der Waals surface area contributed by atoms with Crippen molar-refractivity contribution in [3.8, 4) is 0 Å². The van der Waals surface area contributed by atoms with E-state index in [9.17, 15) is 0 Å². The van der Waals surface area contributed by atoms with Gasteiger partial charge in [0, 0.05) is 18.4 Å². The van der Waals surface area contributed by atoms with E-state index in [1.165, 1.54) is 0 Å². The number of rotatable bonds is 1. The third-order valence-electron chi connectivity index (χ3n) is 2.84. The van der Waals surface area contributed by atoms with Crippen LogP contribution in [-0.2, 0) is 4.74 Å². The molecule has 2 heterocycles. The van der Waals surface area contributed by atoms with Crippen LogP contribution in [0.2, 0.25) is 0 Å². The van der Waals surface area contributed by atoms with Crippen molar-refractivity contribution >= 4 is 21.7 Å². The lowest BCUT2D eigenvalue weighted by molar-refractivity contribution is -0.00673. The molecule has 4 heteroatoms. The van der Waals surface area contributed by atoms with Gasteiger partial charge in [-0.05, 0) is 40.8 Å². The van der Waals surface area contributed by atoms with E-state index >= 15 is 0 Å². The van der Waals surface area contributed by atoms with E-state index in [2.05, 4.69) is 27.8 Å². The van der Waals surface area contributed by atoms with Crippen LogP contribution in [0.5, 0.6) is 0 Å². The molecule has 0 aromatic carbocycles. The first kappa shape index (κ1) is 10.9. The SMILES string of the molecule is CC1CCOC(c2ccnc(N)c2Br)C1. The molecule has 0 amide bonds. The van der Waals surface area contributed by atoms with Crippen LogP contribution in [0.4, 0.5) is 5.82 Å². The number of ether oxygens (including phenoxy) is 1. The predicted molar refractivity (Wildman–Crippen MR) is 63.4 cm³/mol. The minimum atomic E-state index is 0.161. The van der Waals surface area contributed by atoms with Crippen LogP contribution in [0.25, 0.3) is 0 Å². The molecule has 0 spiro atoms. The molecule has 2 atom stereocenters. The lowest BCUT2D eigenvalue weighted by atomic mass is 9.94. The molecule has 1 fully saturated rings. The highest BCUT2D eigenvalue weighted by Crippen LogP contribution is 2.36. The Hall–Kier alpha value is -0.610. The van der Waals surface area contributed by atoms with Gasteiger partial charge in [0.05, 0.1) is 10.6 Å². The molecular weight excluding hydrogens is 256 g/mol. The average Bonchev–Trinajstić information content (AvgIpc) is 2.22. The molecule has 3 nitrogen and oxygen atoms in total. The minimum Gasteiger partial charge on any atom is -0.383 e. The molecule has 2 unspecified atom stereocenters. The van der Waals surface area contributed by atoms with E-state index in [-0.39, 0.29) is 6.10 Å². The van der Waals surface area contributed by atoms with Crippen LogP contribution >= 0.6 is 15.9 Å². The molecule has 15 heavy (non-hydrogen) atoms. The number of hydrogen-bond acceptors (Lipinski definition) is 3. The fourth-order valence-corrected chi connectivity index (χ4v) is 2.39. The number of nitrogens with zero attached hydrogens (tertiary/aromatic N) is 1. The Morgan fingerprint density at radius 1 is 1.60 bits per heavy atom. The molecule has 2 N–H and O–H groups in total. The number of aromatic nitrogens is 1. The van der Waals surface area contributed by atoms with Gasteiger partial charge in [-0.2, -0.15) is 0 Å². The maximum atomic E-state index is 5.76. The molecule has 0 bridgehead atoms. The number of pyridine rings is 1. The van der Waals surface area contributed by atoms with Crippen LogP contribution in [0.3, 0.4) is 0 Å². The van der Waals surface area contributed by atoms with Crippen molar-refractivity contribution < 1.29 is 4.74 Å². The molecule has 0 aliphatic carbocycles. The van der Waals surface area contributed by atoms with Crippen molar-refractivity contribution in [2.45, 2.75) is 25.9 Å². The van der Waals surface area contributed by atoms with E-state index < -0.39 is 0 Å². The first-order valence-corrected chi connectivity index (χ1v) is 5.99. The van der Waals surface area contributed by atoms with Crippen molar-refractivity contribution in [2.75, 3.05) is 12.3 Å². The summed E-state index contributed by atoms with van der Waals surface area (Å²) in [7, 11) is 0. The van der Waals surface area contributed by atoms with Crippen LogP contribution in [0.15, 0.2) is 16.7 Å². The first-order valence-electron chi connectivity index (χ1n) is 5.20. The second kappa shape index (κ2) is 4.49. The van der Waals surface area contributed by atoms with Gasteiger partial charge in [-0.3, -0.25) is 0 Å². The van der Waals surface area contributed by atoms with Gasteiger partial charge in [0.2, 0.25) is 0 Å². The molecule has 1 aromatic heterocycles. The predicted octanol–water partition coefficient (Wildman–Crippen LogP) is 2.91. The molecule has 1 aliphatic heterocycles. The van der Waals surface area contributed by atoms with Crippen molar-refractivity contribution in [1.29, 1.82) is 0 Å².